The molecular weight excluding hydrogens is 290 g/mol. The Balaban J connectivity index is 2.86. The Labute approximate surface area is 119 Å². The second-order valence-electron chi connectivity index (χ2n) is 4.71. The van der Waals surface area contributed by atoms with E-state index in [9.17, 15) is 4.79 Å². The molecule has 3 heteroatoms. The summed E-state index contributed by atoms with van der Waals surface area (Å²) in [5, 5.41) is 0.827. The van der Waals surface area contributed by atoms with Gasteiger partial charge in [-0.25, -0.2) is 0 Å². The van der Waals surface area contributed by atoms with Crippen molar-refractivity contribution in [2.75, 3.05) is 18.4 Å². The van der Waals surface area contributed by atoms with E-state index in [1.807, 2.05) is 30.9 Å². The molecule has 0 unspecified atom stereocenters. The molecule has 0 radical (unpaired) electrons. The summed E-state index contributed by atoms with van der Waals surface area (Å²) in [6.45, 7) is 7.82. The van der Waals surface area contributed by atoms with Crippen LogP contribution in [0.1, 0.15) is 41.3 Å². The molecule has 0 bridgehead atoms. The summed E-state index contributed by atoms with van der Waals surface area (Å²) in [4.78, 5) is 14.4. The van der Waals surface area contributed by atoms with Gasteiger partial charge in [-0.15, -0.1) is 0 Å². The van der Waals surface area contributed by atoms with Crippen LogP contribution in [0.15, 0.2) is 18.2 Å². The van der Waals surface area contributed by atoms with Gasteiger partial charge >= 0.3 is 0 Å². The molecule has 0 N–H and O–H groups in total. The normalized spacial score (nSPS) is 10.4. The first kappa shape index (κ1) is 15.2. The number of aryl methyl sites for hydroxylation is 2. The van der Waals surface area contributed by atoms with Crippen LogP contribution in [0.2, 0.25) is 0 Å². The van der Waals surface area contributed by atoms with Gasteiger partial charge in [0.1, 0.15) is 0 Å². The van der Waals surface area contributed by atoms with Gasteiger partial charge in [0, 0.05) is 24.0 Å². The number of halogens is 1. The molecule has 0 aliphatic rings. The predicted molar refractivity (Wildman–Crippen MR) is 80.5 cm³/mol. The zero-order valence-corrected chi connectivity index (χ0v) is 13.1. The highest BCUT2D eigenvalue weighted by atomic mass is 79.9. The van der Waals surface area contributed by atoms with Crippen LogP contribution in [-0.4, -0.2) is 29.2 Å². The second-order valence-corrected chi connectivity index (χ2v) is 5.50. The minimum Gasteiger partial charge on any atom is -0.338 e. The van der Waals surface area contributed by atoms with E-state index in [0.717, 1.165) is 48.0 Å². The number of unbranched alkanes of at least 4 members (excludes halogenated alkanes) is 1. The Morgan fingerprint density at radius 2 is 1.78 bits per heavy atom. The molecule has 1 amide bonds. The van der Waals surface area contributed by atoms with E-state index in [2.05, 4.69) is 28.9 Å². The Kier molecular flexibility index (Phi) is 6.41. The highest BCUT2D eigenvalue weighted by Crippen LogP contribution is 2.12. The topological polar surface area (TPSA) is 20.3 Å². The third-order valence-electron chi connectivity index (χ3n) is 2.89. The van der Waals surface area contributed by atoms with Crippen LogP contribution in [0.25, 0.3) is 0 Å². The van der Waals surface area contributed by atoms with Crippen LogP contribution in [0.4, 0.5) is 0 Å². The summed E-state index contributed by atoms with van der Waals surface area (Å²) in [5.41, 5.74) is 3.10. The fourth-order valence-electron chi connectivity index (χ4n) is 2.05. The van der Waals surface area contributed by atoms with Crippen LogP contribution in [0, 0.1) is 13.8 Å². The van der Waals surface area contributed by atoms with Crippen LogP contribution in [0.5, 0.6) is 0 Å². The average molecular weight is 312 g/mol. The molecule has 0 aromatic heterocycles. The van der Waals surface area contributed by atoms with E-state index in [0.29, 0.717) is 0 Å². The Bertz CT molecular complexity index is 383. The van der Waals surface area contributed by atoms with Crippen molar-refractivity contribution in [2.45, 2.75) is 33.6 Å². The largest absolute Gasteiger partial charge is 0.338 e. The maximum atomic E-state index is 12.5. The molecule has 1 rings (SSSR count). The summed E-state index contributed by atoms with van der Waals surface area (Å²) in [6, 6.07) is 6.04. The van der Waals surface area contributed by atoms with Gasteiger partial charge in [0.15, 0.2) is 0 Å². The number of nitrogens with zero attached hydrogens (tertiary/aromatic N) is 1. The minimum atomic E-state index is 0.148. The maximum Gasteiger partial charge on any atom is 0.253 e. The first-order valence-electron chi connectivity index (χ1n) is 6.52. The number of carbonyl (C=O) groups excluding carboxylic acids is 1. The number of rotatable bonds is 6. The first-order valence-corrected chi connectivity index (χ1v) is 7.64. The van der Waals surface area contributed by atoms with E-state index >= 15 is 0 Å². The number of hydrogen-bond acceptors (Lipinski definition) is 1. The summed E-state index contributed by atoms with van der Waals surface area (Å²) in [5.74, 6) is 0.148. The molecule has 1 aromatic carbocycles. The highest BCUT2D eigenvalue weighted by Gasteiger charge is 2.15. The zero-order valence-electron chi connectivity index (χ0n) is 11.5. The van der Waals surface area contributed by atoms with Crippen LogP contribution >= 0.6 is 15.9 Å². The van der Waals surface area contributed by atoms with Crippen molar-refractivity contribution in [3.63, 3.8) is 0 Å². The molecular formula is C15H22BrNO. The number of alkyl halides is 1. The van der Waals surface area contributed by atoms with Crippen LogP contribution in [0.3, 0.4) is 0 Å². The zero-order chi connectivity index (χ0) is 13.5. The maximum absolute atomic E-state index is 12.5. The molecule has 18 heavy (non-hydrogen) atoms. The fourth-order valence-corrected chi connectivity index (χ4v) is 2.47. The SMILES string of the molecule is CCCCN(CCBr)C(=O)c1cc(C)cc(C)c1. The minimum absolute atomic E-state index is 0.148. The van der Waals surface area contributed by atoms with Crippen molar-refractivity contribution >= 4 is 21.8 Å². The average Bonchev–Trinajstić information content (AvgIpc) is 2.32. The third-order valence-corrected chi connectivity index (χ3v) is 3.25. The molecule has 0 saturated heterocycles. The van der Waals surface area contributed by atoms with Gasteiger partial charge < -0.3 is 4.90 Å². The molecule has 0 aliphatic carbocycles. The summed E-state index contributed by atoms with van der Waals surface area (Å²) in [6.07, 6.45) is 2.17. The molecule has 0 spiro atoms. The summed E-state index contributed by atoms with van der Waals surface area (Å²) < 4.78 is 0. The van der Waals surface area contributed by atoms with E-state index < -0.39 is 0 Å². The molecule has 2 nitrogen and oxygen atoms in total. The quantitative estimate of drug-likeness (QED) is 0.729. The van der Waals surface area contributed by atoms with Crippen LogP contribution in [-0.2, 0) is 0 Å². The lowest BCUT2D eigenvalue weighted by atomic mass is 10.1. The van der Waals surface area contributed by atoms with Crippen molar-refractivity contribution < 1.29 is 4.79 Å². The standard InChI is InChI=1S/C15H22BrNO/c1-4-5-7-17(8-6-16)15(18)14-10-12(2)9-13(3)11-14/h9-11H,4-8H2,1-3H3. The predicted octanol–water partition coefficient (Wildman–Crippen LogP) is 3.94. The number of amides is 1. The first-order chi connectivity index (χ1) is 8.58. The monoisotopic (exact) mass is 311 g/mol. The van der Waals surface area contributed by atoms with Crippen molar-refractivity contribution in [3.05, 3.63) is 34.9 Å². The molecule has 0 heterocycles. The lowest BCUT2D eigenvalue weighted by molar-refractivity contribution is 0.0764. The van der Waals surface area contributed by atoms with Gasteiger partial charge in [-0.1, -0.05) is 46.5 Å². The van der Waals surface area contributed by atoms with Crippen molar-refractivity contribution in [3.8, 4) is 0 Å². The molecule has 0 saturated carbocycles. The lowest BCUT2D eigenvalue weighted by Gasteiger charge is -2.22. The van der Waals surface area contributed by atoms with Gasteiger partial charge in [-0.05, 0) is 32.4 Å². The number of benzene rings is 1. The Hall–Kier alpha value is -0.830. The van der Waals surface area contributed by atoms with E-state index in [1.165, 1.54) is 0 Å². The van der Waals surface area contributed by atoms with Gasteiger partial charge in [0.25, 0.3) is 5.91 Å². The lowest BCUT2D eigenvalue weighted by Crippen LogP contribution is -2.33. The fraction of sp³-hybridized carbons (Fsp3) is 0.533. The number of carbonyl (C=O) groups is 1. The molecule has 100 valence electrons. The van der Waals surface area contributed by atoms with Gasteiger partial charge in [0.05, 0.1) is 0 Å². The van der Waals surface area contributed by atoms with E-state index in [4.69, 9.17) is 0 Å². The molecule has 0 aliphatic heterocycles. The van der Waals surface area contributed by atoms with Gasteiger partial charge in [-0.3, -0.25) is 4.79 Å². The van der Waals surface area contributed by atoms with Gasteiger partial charge in [0.2, 0.25) is 0 Å². The molecule has 1 aromatic rings. The summed E-state index contributed by atoms with van der Waals surface area (Å²) in [7, 11) is 0. The molecule has 0 atom stereocenters. The second kappa shape index (κ2) is 7.57. The Morgan fingerprint density at radius 3 is 2.28 bits per heavy atom. The Morgan fingerprint density at radius 1 is 1.17 bits per heavy atom. The van der Waals surface area contributed by atoms with Crippen molar-refractivity contribution in [2.24, 2.45) is 0 Å². The van der Waals surface area contributed by atoms with Crippen molar-refractivity contribution in [1.29, 1.82) is 0 Å². The van der Waals surface area contributed by atoms with E-state index in [-0.39, 0.29) is 5.91 Å². The van der Waals surface area contributed by atoms with Crippen LogP contribution < -0.4 is 0 Å². The van der Waals surface area contributed by atoms with Crippen molar-refractivity contribution in [1.82, 2.24) is 4.90 Å². The van der Waals surface area contributed by atoms with Gasteiger partial charge in [-0.2, -0.15) is 0 Å². The smallest absolute Gasteiger partial charge is 0.253 e. The van der Waals surface area contributed by atoms with E-state index in [1.54, 1.807) is 0 Å². The number of hydrogen-bond donors (Lipinski definition) is 0. The molecule has 0 fully saturated rings. The highest BCUT2D eigenvalue weighted by molar-refractivity contribution is 9.09. The third kappa shape index (κ3) is 4.45. The summed E-state index contributed by atoms with van der Waals surface area (Å²) >= 11 is 3.42.